The first-order chi connectivity index (χ1) is 10.4. The van der Waals surface area contributed by atoms with Crippen LogP contribution in [0.1, 0.15) is 17.5 Å². The highest BCUT2D eigenvalue weighted by molar-refractivity contribution is 6.66. The van der Waals surface area contributed by atoms with E-state index in [-0.39, 0.29) is 6.71 Å². The van der Waals surface area contributed by atoms with Crippen LogP contribution in [-0.4, -0.2) is 13.3 Å². The summed E-state index contributed by atoms with van der Waals surface area (Å²) in [6.45, 7) is 1.44. The first-order valence-electron chi connectivity index (χ1n) is 7.43. The van der Waals surface area contributed by atoms with Crippen molar-refractivity contribution in [1.29, 1.82) is 5.26 Å². The van der Waals surface area contributed by atoms with Crippen LogP contribution in [0.25, 0.3) is 0 Å². The van der Waals surface area contributed by atoms with Gasteiger partial charge in [-0.2, -0.15) is 0 Å². The normalized spacial score (nSPS) is 10.0. The van der Waals surface area contributed by atoms with Crippen LogP contribution in [0.2, 0.25) is 6.32 Å². The molecule has 106 valence electrons. The van der Waals surface area contributed by atoms with E-state index in [0.29, 0.717) is 13.2 Å². The summed E-state index contributed by atoms with van der Waals surface area (Å²) in [7, 11) is 0. The van der Waals surface area contributed by atoms with Crippen LogP contribution in [0.5, 0.6) is 0 Å². The molecule has 0 aliphatic carbocycles. The highest BCUT2D eigenvalue weighted by Crippen LogP contribution is 2.08. The molecular formula is C18H20BNO. The van der Waals surface area contributed by atoms with Gasteiger partial charge in [-0.05, 0) is 18.3 Å². The van der Waals surface area contributed by atoms with Gasteiger partial charge < -0.3 is 4.74 Å². The zero-order valence-corrected chi connectivity index (χ0v) is 12.2. The number of ether oxygens (including phenoxy) is 1. The summed E-state index contributed by atoms with van der Waals surface area (Å²) in [5.74, 6) is 2.40. The van der Waals surface area contributed by atoms with Gasteiger partial charge in [0.1, 0.15) is 0 Å². The molecule has 0 unspecified atom stereocenters. The highest BCUT2D eigenvalue weighted by Gasteiger charge is 2.13. The Morgan fingerprint density at radius 2 is 1.52 bits per heavy atom. The van der Waals surface area contributed by atoms with Gasteiger partial charge in [0.05, 0.1) is 6.61 Å². The molecular weight excluding hydrogens is 257 g/mol. The molecule has 0 N–H and O–H groups in total. The summed E-state index contributed by atoms with van der Waals surface area (Å²) in [6.07, 6.45) is 2.65. The topological polar surface area (TPSA) is 33.0 Å². The Morgan fingerprint density at radius 3 is 2.14 bits per heavy atom. The van der Waals surface area contributed by atoms with Gasteiger partial charge in [0.2, 0.25) is 0 Å². The third-order valence-corrected chi connectivity index (χ3v) is 3.46. The molecule has 0 saturated carbocycles. The Balaban J connectivity index is 1.64. The van der Waals surface area contributed by atoms with Gasteiger partial charge in [0.15, 0.2) is 0 Å². The Morgan fingerprint density at radius 1 is 0.905 bits per heavy atom. The van der Waals surface area contributed by atoms with Gasteiger partial charge in [-0.15, -0.1) is 0 Å². The summed E-state index contributed by atoms with van der Waals surface area (Å²) < 4.78 is 5.66. The van der Waals surface area contributed by atoms with Crippen molar-refractivity contribution < 1.29 is 4.74 Å². The largest absolute Gasteiger partial charge is 0.377 e. The molecule has 2 aromatic rings. The first-order valence-corrected chi connectivity index (χ1v) is 7.43. The molecule has 0 spiro atoms. The Kier molecular flexibility index (Phi) is 6.57. The van der Waals surface area contributed by atoms with Crippen molar-refractivity contribution in [3.8, 4) is 5.97 Å². The van der Waals surface area contributed by atoms with Crippen molar-refractivity contribution in [2.75, 3.05) is 6.61 Å². The number of benzene rings is 2. The maximum atomic E-state index is 9.23. The molecule has 0 atom stereocenters. The molecule has 0 fully saturated rings. The number of nitriles is 1. The monoisotopic (exact) mass is 277 g/mol. The van der Waals surface area contributed by atoms with Crippen LogP contribution < -0.4 is 0 Å². The van der Waals surface area contributed by atoms with Crippen molar-refractivity contribution in [3.63, 3.8) is 0 Å². The van der Waals surface area contributed by atoms with Crippen LogP contribution in [0.3, 0.4) is 0 Å². The first kappa shape index (κ1) is 15.3. The minimum absolute atomic E-state index is 0.0766. The highest BCUT2D eigenvalue weighted by atomic mass is 16.5. The van der Waals surface area contributed by atoms with Crippen molar-refractivity contribution >= 4 is 6.71 Å². The van der Waals surface area contributed by atoms with Crippen LogP contribution in [0, 0.1) is 11.2 Å². The molecule has 0 saturated heterocycles. The summed E-state index contributed by atoms with van der Waals surface area (Å²) in [5, 5.41) is 9.23. The summed E-state index contributed by atoms with van der Waals surface area (Å²) in [6, 6.07) is 20.4. The third kappa shape index (κ3) is 5.85. The molecule has 2 nitrogen and oxygen atoms in total. The second-order valence-corrected chi connectivity index (χ2v) is 5.20. The van der Waals surface area contributed by atoms with Gasteiger partial charge >= 0.3 is 0 Å². The second kappa shape index (κ2) is 8.99. The van der Waals surface area contributed by atoms with Crippen molar-refractivity contribution in [2.24, 2.45) is 0 Å². The quantitative estimate of drug-likeness (QED) is 0.541. The summed E-state index contributed by atoms with van der Waals surface area (Å²) >= 11 is 0. The minimum atomic E-state index is 0.0766. The molecule has 0 aliphatic heterocycles. The Hall–Kier alpha value is -2.05. The molecule has 3 heteroatoms. The lowest BCUT2D eigenvalue weighted by atomic mass is 9.45. The van der Waals surface area contributed by atoms with E-state index >= 15 is 0 Å². The minimum Gasteiger partial charge on any atom is -0.377 e. The second-order valence-electron chi connectivity index (χ2n) is 5.20. The maximum Gasteiger partial charge on any atom is 0.272 e. The maximum absolute atomic E-state index is 9.23. The predicted molar refractivity (Wildman–Crippen MR) is 87.0 cm³/mol. The Labute approximate surface area is 127 Å². The zero-order chi connectivity index (χ0) is 14.8. The van der Waals surface area contributed by atoms with Gasteiger partial charge in [-0.1, -0.05) is 72.5 Å². The van der Waals surface area contributed by atoms with Crippen LogP contribution >= 0.6 is 0 Å². The fraction of sp³-hybridized carbons (Fsp3) is 0.278. The van der Waals surface area contributed by atoms with E-state index in [1.54, 1.807) is 0 Å². The number of hydrogen-bond acceptors (Lipinski definition) is 2. The molecule has 21 heavy (non-hydrogen) atoms. The lowest BCUT2D eigenvalue weighted by molar-refractivity contribution is 0.121. The molecule has 0 aliphatic rings. The molecule has 2 rings (SSSR count). The molecule has 0 amide bonds. The number of hydrogen-bond donors (Lipinski definition) is 0. The fourth-order valence-electron chi connectivity index (χ4n) is 2.31. The van der Waals surface area contributed by atoms with E-state index in [0.717, 1.165) is 19.1 Å². The smallest absolute Gasteiger partial charge is 0.272 e. The van der Waals surface area contributed by atoms with Gasteiger partial charge in [0.25, 0.3) is 6.71 Å². The standard InChI is InChI=1S/C18H20BNO/c20-16-19(14-17-8-3-1-4-9-17)12-7-13-21-15-18-10-5-2-6-11-18/h1-6,8-11H,7,12-15H2. The molecule has 0 bridgehead atoms. The van der Waals surface area contributed by atoms with Crippen LogP contribution in [0.15, 0.2) is 60.7 Å². The van der Waals surface area contributed by atoms with Gasteiger partial charge in [-0.3, -0.25) is 0 Å². The SMILES string of the molecule is N#CB(CCCOCc1ccccc1)Cc1ccccc1. The molecule has 0 heterocycles. The van der Waals surface area contributed by atoms with E-state index in [2.05, 4.69) is 30.2 Å². The van der Waals surface area contributed by atoms with Crippen molar-refractivity contribution in [2.45, 2.75) is 25.7 Å². The lowest BCUT2D eigenvalue weighted by Gasteiger charge is -2.07. The zero-order valence-electron chi connectivity index (χ0n) is 12.2. The lowest BCUT2D eigenvalue weighted by Crippen LogP contribution is -2.15. The third-order valence-electron chi connectivity index (χ3n) is 3.46. The number of nitrogens with zero attached hydrogens (tertiary/aromatic N) is 1. The molecule has 0 radical (unpaired) electrons. The van der Waals surface area contributed by atoms with Crippen LogP contribution in [-0.2, 0) is 17.7 Å². The average Bonchev–Trinajstić information content (AvgIpc) is 2.55. The summed E-state index contributed by atoms with van der Waals surface area (Å²) in [5.41, 5.74) is 2.42. The van der Waals surface area contributed by atoms with Gasteiger partial charge in [-0.25, -0.2) is 5.26 Å². The van der Waals surface area contributed by atoms with Crippen molar-refractivity contribution in [3.05, 3.63) is 71.8 Å². The predicted octanol–water partition coefficient (Wildman–Crippen LogP) is 3.93. The van der Waals surface area contributed by atoms with E-state index in [1.807, 2.05) is 36.4 Å². The molecule has 0 aromatic heterocycles. The van der Waals surface area contributed by atoms with E-state index in [9.17, 15) is 5.26 Å². The molecule has 2 aromatic carbocycles. The summed E-state index contributed by atoms with van der Waals surface area (Å²) in [4.78, 5) is 0. The van der Waals surface area contributed by atoms with Crippen LogP contribution in [0.4, 0.5) is 0 Å². The average molecular weight is 277 g/mol. The van der Waals surface area contributed by atoms with E-state index in [4.69, 9.17) is 4.74 Å². The van der Waals surface area contributed by atoms with Crippen molar-refractivity contribution in [1.82, 2.24) is 0 Å². The number of rotatable bonds is 8. The Bertz CT molecular complexity index is 550. The van der Waals surface area contributed by atoms with Gasteiger partial charge in [0, 0.05) is 12.6 Å². The van der Waals surface area contributed by atoms with E-state index < -0.39 is 0 Å². The fourth-order valence-corrected chi connectivity index (χ4v) is 2.31. The van der Waals surface area contributed by atoms with E-state index in [1.165, 1.54) is 11.1 Å².